The van der Waals surface area contributed by atoms with Gasteiger partial charge in [-0.3, -0.25) is 4.79 Å². The lowest BCUT2D eigenvalue weighted by molar-refractivity contribution is -0.172. The third-order valence-electron chi connectivity index (χ3n) is 3.86. The van der Waals surface area contributed by atoms with Crippen molar-refractivity contribution >= 4 is 29.4 Å². The molecule has 0 radical (unpaired) electrons. The molecule has 1 aliphatic rings. The van der Waals surface area contributed by atoms with Crippen molar-refractivity contribution in [2.24, 2.45) is 4.99 Å². The summed E-state index contributed by atoms with van der Waals surface area (Å²) in [4.78, 5) is 15.3. The summed E-state index contributed by atoms with van der Waals surface area (Å²) in [6.07, 6.45) is 2.42. The predicted molar refractivity (Wildman–Crippen MR) is 86.1 cm³/mol. The molecule has 0 aromatic heterocycles. The van der Waals surface area contributed by atoms with E-state index in [-0.39, 0.29) is 16.8 Å². The van der Waals surface area contributed by atoms with E-state index in [0.717, 1.165) is 18.9 Å². The zero-order valence-corrected chi connectivity index (χ0v) is 13.7. The number of hydrogen-bond donors (Lipinski definition) is 1. The maximum absolute atomic E-state index is 14.7. The molecular weight excluding hydrogens is 326 g/mol. The first kappa shape index (κ1) is 17.6. The van der Waals surface area contributed by atoms with Crippen LogP contribution in [-0.4, -0.2) is 30.5 Å². The fourth-order valence-electron chi connectivity index (χ4n) is 2.80. The number of rotatable bonds is 4. The molecule has 1 aromatic carbocycles. The van der Waals surface area contributed by atoms with Crippen molar-refractivity contribution in [1.29, 1.82) is 0 Å². The van der Waals surface area contributed by atoms with E-state index in [4.69, 9.17) is 22.1 Å². The Labute approximate surface area is 138 Å². The van der Waals surface area contributed by atoms with Crippen LogP contribution in [0.4, 0.5) is 14.5 Å². The van der Waals surface area contributed by atoms with E-state index in [1.54, 1.807) is 13.0 Å². The van der Waals surface area contributed by atoms with E-state index >= 15 is 0 Å². The molecule has 4 nitrogen and oxygen atoms in total. The van der Waals surface area contributed by atoms with Crippen molar-refractivity contribution in [3.8, 4) is 0 Å². The number of dihydropyridines is 1. The van der Waals surface area contributed by atoms with Gasteiger partial charge in [0.15, 0.2) is 5.60 Å². The van der Waals surface area contributed by atoms with Crippen molar-refractivity contribution in [1.82, 2.24) is 0 Å². The van der Waals surface area contributed by atoms with Crippen LogP contribution < -0.4 is 5.73 Å². The lowest BCUT2D eigenvalue weighted by Gasteiger charge is -2.42. The monoisotopic (exact) mass is 342 g/mol. The van der Waals surface area contributed by atoms with Crippen LogP contribution in [0.15, 0.2) is 34.8 Å². The molecule has 0 bridgehead atoms. The van der Waals surface area contributed by atoms with Gasteiger partial charge in [0.1, 0.15) is 5.38 Å². The van der Waals surface area contributed by atoms with E-state index in [0.29, 0.717) is 6.92 Å². The Morgan fingerprint density at radius 2 is 2.04 bits per heavy atom. The molecular formula is C16H17ClF2N2O2. The molecule has 2 rings (SSSR count). The average Bonchev–Trinajstić information content (AvgIpc) is 2.46. The number of nitrogen functional groups attached to an aromatic ring is 1. The molecule has 23 heavy (non-hydrogen) atoms. The molecule has 2 atom stereocenters. The van der Waals surface area contributed by atoms with Gasteiger partial charge in [0.2, 0.25) is 0 Å². The van der Waals surface area contributed by atoms with Gasteiger partial charge in [-0.25, -0.2) is 13.8 Å². The standard InChI is InChI=1S/C16H17ClF2N2O2/c1-9-4-5-12(20)11(8-9)16(23-3,15(2,18)19)10-6-7-21-14(22)13(10)17/h4-8,13H,20H2,1-3H3. The van der Waals surface area contributed by atoms with Gasteiger partial charge in [-0.05, 0) is 19.1 Å². The second-order valence-electron chi connectivity index (χ2n) is 5.47. The smallest absolute Gasteiger partial charge is 0.281 e. The number of hydrogen-bond acceptors (Lipinski definition) is 3. The zero-order chi connectivity index (χ0) is 17.4. The molecule has 2 N–H and O–H groups in total. The Morgan fingerprint density at radius 1 is 1.39 bits per heavy atom. The van der Waals surface area contributed by atoms with E-state index in [1.807, 2.05) is 0 Å². The normalized spacial score (nSPS) is 21.0. The third-order valence-corrected chi connectivity index (χ3v) is 4.29. The number of ether oxygens (including phenoxy) is 1. The number of allylic oxidation sites excluding steroid dienone is 1. The number of aryl methyl sites for hydroxylation is 1. The fraction of sp³-hybridized carbons (Fsp3) is 0.375. The largest absolute Gasteiger partial charge is 0.398 e. The number of halogens is 3. The van der Waals surface area contributed by atoms with Crippen molar-refractivity contribution in [3.05, 3.63) is 41.0 Å². The fourth-order valence-corrected chi connectivity index (χ4v) is 3.08. The Bertz CT molecular complexity index is 698. The summed E-state index contributed by atoms with van der Waals surface area (Å²) in [5, 5.41) is -1.36. The quantitative estimate of drug-likeness (QED) is 0.675. The Hall–Kier alpha value is -1.79. The van der Waals surface area contributed by atoms with Crippen LogP contribution in [0.5, 0.6) is 0 Å². The molecule has 1 aromatic rings. The molecule has 0 saturated carbocycles. The van der Waals surface area contributed by atoms with Crippen LogP contribution in [0.1, 0.15) is 18.1 Å². The summed E-state index contributed by atoms with van der Waals surface area (Å²) in [6, 6.07) is 4.73. The Morgan fingerprint density at radius 3 is 2.61 bits per heavy atom. The molecule has 0 aliphatic carbocycles. The molecule has 0 spiro atoms. The first-order chi connectivity index (χ1) is 10.6. The summed E-state index contributed by atoms with van der Waals surface area (Å²) in [5.74, 6) is -4.12. The minimum atomic E-state index is -3.39. The molecule has 124 valence electrons. The number of alkyl halides is 3. The summed E-state index contributed by atoms with van der Waals surface area (Å²) in [6.45, 7) is 2.45. The SMILES string of the molecule is COC(C1=CC=NC(=O)C1Cl)(c1cc(C)ccc1N)C(C)(F)F. The Balaban J connectivity index is 2.82. The topological polar surface area (TPSA) is 64.7 Å². The molecule has 1 heterocycles. The molecule has 0 saturated heterocycles. The second kappa shape index (κ2) is 6.02. The summed E-state index contributed by atoms with van der Waals surface area (Å²) in [5.41, 5.74) is 4.49. The minimum absolute atomic E-state index is 0.0625. The van der Waals surface area contributed by atoms with Crippen molar-refractivity contribution in [2.45, 2.75) is 30.7 Å². The minimum Gasteiger partial charge on any atom is -0.398 e. The van der Waals surface area contributed by atoms with Crippen molar-refractivity contribution in [2.75, 3.05) is 12.8 Å². The van der Waals surface area contributed by atoms with Gasteiger partial charge in [0.05, 0.1) is 0 Å². The van der Waals surface area contributed by atoms with Crippen LogP contribution in [-0.2, 0) is 15.1 Å². The molecule has 1 amide bonds. The maximum atomic E-state index is 14.7. The van der Waals surface area contributed by atoms with E-state index < -0.39 is 22.8 Å². The number of benzene rings is 1. The van der Waals surface area contributed by atoms with Gasteiger partial charge in [0, 0.05) is 37.1 Å². The molecule has 1 aliphatic heterocycles. The van der Waals surface area contributed by atoms with Crippen molar-refractivity contribution in [3.63, 3.8) is 0 Å². The third kappa shape index (κ3) is 2.77. The number of amides is 1. The molecule has 2 unspecified atom stereocenters. The van der Waals surface area contributed by atoms with E-state index in [2.05, 4.69) is 4.99 Å². The highest BCUT2D eigenvalue weighted by molar-refractivity contribution is 6.34. The summed E-state index contributed by atoms with van der Waals surface area (Å²) >= 11 is 6.06. The van der Waals surface area contributed by atoms with Crippen LogP contribution in [0.3, 0.4) is 0 Å². The highest BCUT2D eigenvalue weighted by atomic mass is 35.5. The Kier molecular flexibility index (Phi) is 4.59. The second-order valence-corrected chi connectivity index (χ2v) is 5.90. The van der Waals surface area contributed by atoms with Gasteiger partial charge in [-0.15, -0.1) is 11.6 Å². The van der Waals surface area contributed by atoms with Gasteiger partial charge >= 0.3 is 0 Å². The lowest BCUT2D eigenvalue weighted by atomic mass is 9.77. The number of nitrogens with two attached hydrogens (primary N) is 1. The summed E-state index contributed by atoms with van der Waals surface area (Å²) < 4.78 is 34.7. The zero-order valence-electron chi connectivity index (χ0n) is 12.9. The van der Waals surface area contributed by atoms with Crippen LogP contribution >= 0.6 is 11.6 Å². The van der Waals surface area contributed by atoms with Gasteiger partial charge in [0.25, 0.3) is 11.8 Å². The number of nitrogens with zero attached hydrogens (tertiary/aromatic N) is 1. The van der Waals surface area contributed by atoms with Crippen LogP contribution in [0.2, 0.25) is 0 Å². The number of anilines is 1. The average molecular weight is 343 g/mol. The van der Waals surface area contributed by atoms with Crippen LogP contribution in [0.25, 0.3) is 0 Å². The van der Waals surface area contributed by atoms with Gasteiger partial charge < -0.3 is 10.5 Å². The first-order valence-corrected chi connectivity index (χ1v) is 7.31. The number of methoxy groups -OCH3 is 1. The van der Waals surface area contributed by atoms with Crippen LogP contribution in [0, 0.1) is 6.92 Å². The lowest BCUT2D eigenvalue weighted by Crippen LogP contribution is -2.50. The highest BCUT2D eigenvalue weighted by Gasteiger charge is 2.58. The predicted octanol–water partition coefficient (Wildman–Crippen LogP) is 3.22. The molecule has 0 fully saturated rings. The first-order valence-electron chi connectivity index (χ1n) is 6.87. The summed E-state index contributed by atoms with van der Waals surface area (Å²) in [7, 11) is 1.14. The number of carbonyl (C=O) groups is 1. The van der Waals surface area contributed by atoms with Gasteiger partial charge in [-0.1, -0.05) is 17.7 Å². The number of aliphatic imine (C=N–C) groups is 1. The van der Waals surface area contributed by atoms with E-state index in [9.17, 15) is 13.6 Å². The van der Waals surface area contributed by atoms with Crippen molar-refractivity contribution < 1.29 is 18.3 Å². The van der Waals surface area contributed by atoms with E-state index in [1.165, 1.54) is 18.2 Å². The highest BCUT2D eigenvalue weighted by Crippen LogP contribution is 2.50. The number of carbonyl (C=O) groups excluding carboxylic acids is 1. The maximum Gasteiger partial charge on any atom is 0.281 e. The van der Waals surface area contributed by atoms with Gasteiger partial charge in [-0.2, -0.15) is 0 Å². The molecule has 7 heteroatoms.